The molecule has 2 aliphatic heterocycles. The van der Waals surface area contributed by atoms with Crippen LogP contribution in [-0.2, 0) is 36.8 Å². The first-order valence-corrected chi connectivity index (χ1v) is 15.2. The third-order valence-electron chi connectivity index (χ3n) is 6.16. The van der Waals surface area contributed by atoms with Crippen LogP contribution in [0.5, 0.6) is 0 Å². The molecule has 234 valence electrons. The number of nitrogens with zero attached hydrogens (tertiary/aromatic N) is 1. The first-order chi connectivity index (χ1) is 18.9. The minimum absolute atomic E-state index is 0.173. The van der Waals surface area contributed by atoms with Crippen LogP contribution in [0.2, 0.25) is 0 Å². The fourth-order valence-electron chi connectivity index (χ4n) is 4.11. The minimum Gasteiger partial charge on any atom is -0.393 e. The number of carbonyl (C=O) groups is 1. The van der Waals surface area contributed by atoms with Crippen LogP contribution in [0.3, 0.4) is 0 Å². The highest BCUT2D eigenvalue weighted by atomic mass is 31.3. The third kappa shape index (κ3) is 8.84. The van der Waals surface area contributed by atoms with Gasteiger partial charge in [0.05, 0.1) is 37.4 Å². The van der Waals surface area contributed by atoms with Gasteiger partial charge in [-0.3, -0.25) is 28.2 Å². The highest BCUT2D eigenvalue weighted by Gasteiger charge is 2.48. The minimum atomic E-state index is -5.54. The summed E-state index contributed by atoms with van der Waals surface area (Å²) in [6.45, 7) is 3.19. The summed E-state index contributed by atoms with van der Waals surface area (Å²) in [6.07, 6.45) is -10.8. The Hall–Kier alpha value is -1.83. The van der Waals surface area contributed by atoms with Crippen molar-refractivity contribution in [1.29, 1.82) is 0 Å². The Kier molecular flexibility index (Phi) is 10.9. The van der Waals surface area contributed by atoms with Gasteiger partial charge in [0.25, 0.3) is 5.56 Å². The van der Waals surface area contributed by atoms with Crippen molar-refractivity contribution < 1.29 is 67.0 Å². The van der Waals surface area contributed by atoms with Gasteiger partial charge in [-0.1, -0.05) is 0 Å². The average Bonchev–Trinajstić information content (AvgIpc) is 3.20. The molecule has 1 amide bonds. The molecule has 0 saturated carbocycles. The fraction of sp³-hybridized carbons (Fsp3) is 0.750. The van der Waals surface area contributed by atoms with Gasteiger partial charge in [0.15, 0.2) is 6.29 Å². The Balaban J connectivity index is 1.60. The number of rotatable bonds is 11. The molecule has 0 radical (unpaired) electrons. The van der Waals surface area contributed by atoms with Gasteiger partial charge in [0, 0.05) is 18.2 Å². The predicted molar refractivity (Wildman–Crippen MR) is 133 cm³/mol. The molecule has 1 aromatic rings. The summed E-state index contributed by atoms with van der Waals surface area (Å²) < 4.78 is 50.0. The molecule has 0 bridgehead atoms. The van der Waals surface area contributed by atoms with Gasteiger partial charge >= 0.3 is 21.3 Å². The van der Waals surface area contributed by atoms with E-state index in [4.69, 9.17) is 9.47 Å². The van der Waals surface area contributed by atoms with E-state index >= 15 is 0 Å². The molecule has 3 rings (SSSR count). The first kappa shape index (κ1) is 33.7. The Labute approximate surface area is 231 Å². The predicted octanol–water partition coefficient (Wildman–Crippen LogP) is -2.53. The van der Waals surface area contributed by atoms with Gasteiger partial charge < -0.3 is 45.0 Å². The molecule has 3 heterocycles. The van der Waals surface area contributed by atoms with E-state index < -0.39 is 94.6 Å². The number of aromatic amines is 1. The fourth-order valence-corrected chi connectivity index (χ4v) is 6.27. The molecule has 8 N–H and O–H groups in total. The number of amides is 1. The number of carbonyl (C=O) groups excluding carboxylic acids is 1. The number of aromatic nitrogens is 2. The zero-order valence-electron chi connectivity index (χ0n) is 22.0. The van der Waals surface area contributed by atoms with Crippen LogP contribution in [-0.4, -0.2) is 101 Å². The summed E-state index contributed by atoms with van der Waals surface area (Å²) in [4.78, 5) is 57.7. The Morgan fingerprint density at radius 1 is 1.20 bits per heavy atom. The number of aliphatic hydroxyl groups excluding tert-OH is 4. The molecule has 41 heavy (non-hydrogen) atoms. The van der Waals surface area contributed by atoms with Gasteiger partial charge in [0.2, 0.25) is 5.91 Å². The van der Waals surface area contributed by atoms with E-state index in [9.17, 15) is 53.7 Å². The third-order valence-corrected chi connectivity index (χ3v) is 8.76. The van der Waals surface area contributed by atoms with Gasteiger partial charge in [0.1, 0.15) is 24.5 Å². The van der Waals surface area contributed by atoms with Crippen LogP contribution in [0, 0.1) is 6.92 Å². The SMILES string of the molecule is Cc1cn([C@H]2C[C@H](O)[C@@H](COP(=O)(O)OP(=O)(O)O[C@H]3O[C@H](C)[C@H](O)[C@H](NC(=O)C[C@@H](C)O)[C@H]3O)O2)c(=O)[nH]c1=O. The van der Waals surface area contributed by atoms with E-state index in [2.05, 4.69) is 23.7 Å². The molecule has 19 nitrogen and oxygen atoms in total. The lowest BCUT2D eigenvalue weighted by Crippen LogP contribution is -2.63. The first-order valence-electron chi connectivity index (χ1n) is 12.2. The van der Waals surface area contributed by atoms with Crippen molar-refractivity contribution in [2.75, 3.05) is 6.61 Å². The number of hydrogen-bond acceptors (Lipinski definition) is 14. The van der Waals surface area contributed by atoms with Crippen molar-refractivity contribution in [3.63, 3.8) is 0 Å². The molecule has 2 fully saturated rings. The van der Waals surface area contributed by atoms with Crippen LogP contribution >= 0.6 is 15.6 Å². The van der Waals surface area contributed by atoms with Gasteiger partial charge in [-0.2, -0.15) is 4.31 Å². The number of nitrogens with one attached hydrogen (secondary N) is 2. The van der Waals surface area contributed by atoms with Gasteiger partial charge in [-0.05, 0) is 20.8 Å². The van der Waals surface area contributed by atoms with Crippen LogP contribution in [0.4, 0.5) is 0 Å². The highest BCUT2D eigenvalue weighted by molar-refractivity contribution is 7.61. The molecule has 0 aliphatic carbocycles. The normalized spacial score (nSPS) is 34.0. The molecule has 21 heteroatoms. The largest absolute Gasteiger partial charge is 0.483 e. The molecular weight excluding hydrogens is 600 g/mol. The maximum Gasteiger partial charge on any atom is 0.483 e. The van der Waals surface area contributed by atoms with Crippen molar-refractivity contribution in [3.8, 4) is 0 Å². The maximum atomic E-state index is 12.5. The Morgan fingerprint density at radius 3 is 2.49 bits per heavy atom. The van der Waals surface area contributed by atoms with E-state index in [0.29, 0.717) is 0 Å². The molecular formula is C20H33N3O16P2. The number of phosphoric ester groups is 2. The molecule has 2 unspecified atom stereocenters. The van der Waals surface area contributed by atoms with Crippen molar-refractivity contribution in [2.24, 2.45) is 0 Å². The van der Waals surface area contributed by atoms with E-state index in [0.717, 1.165) is 4.57 Å². The second-order valence-corrected chi connectivity index (χ2v) is 12.7. The number of aliphatic hydroxyl groups is 4. The maximum absolute atomic E-state index is 12.5. The van der Waals surface area contributed by atoms with Crippen LogP contribution in [0.15, 0.2) is 15.8 Å². The average molecular weight is 633 g/mol. The lowest BCUT2D eigenvalue weighted by Gasteiger charge is -2.41. The van der Waals surface area contributed by atoms with Crippen LogP contribution in [0.25, 0.3) is 0 Å². The summed E-state index contributed by atoms with van der Waals surface area (Å²) >= 11 is 0. The lowest BCUT2D eigenvalue weighted by molar-refractivity contribution is -0.244. The summed E-state index contributed by atoms with van der Waals surface area (Å²) in [5.74, 6) is -0.772. The second kappa shape index (κ2) is 13.2. The summed E-state index contributed by atoms with van der Waals surface area (Å²) in [5.41, 5.74) is -1.27. The number of H-pyrrole nitrogens is 1. The van der Waals surface area contributed by atoms with Crippen molar-refractivity contribution in [2.45, 2.75) is 88.8 Å². The second-order valence-electron chi connectivity index (χ2n) is 9.67. The van der Waals surface area contributed by atoms with E-state index in [1.54, 1.807) is 0 Å². The Morgan fingerprint density at radius 2 is 1.85 bits per heavy atom. The summed E-state index contributed by atoms with van der Waals surface area (Å²) in [6, 6.07) is -1.49. The lowest BCUT2D eigenvalue weighted by atomic mass is 9.96. The van der Waals surface area contributed by atoms with E-state index in [1.807, 2.05) is 0 Å². The zero-order chi connectivity index (χ0) is 30.9. The van der Waals surface area contributed by atoms with Crippen molar-refractivity contribution in [1.82, 2.24) is 14.9 Å². The molecule has 1 aromatic heterocycles. The molecule has 11 atom stereocenters. The van der Waals surface area contributed by atoms with Gasteiger partial charge in [-0.25, -0.2) is 13.9 Å². The van der Waals surface area contributed by atoms with Crippen LogP contribution < -0.4 is 16.6 Å². The molecule has 2 saturated heterocycles. The molecule has 0 spiro atoms. The number of ether oxygens (including phenoxy) is 2. The molecule has 2 aliphatic rings. The highest BCUT2D eigenvalue weighted by Crippen LogP contribution is 2.61. The summed E-state index contributed by atoms with van der Waals surface area (Å²) in [5, 5.41) is 42.6. The van der Waals surface area contributed by atoms with Crippen molar-refractivity contribution in [3.05, 3.63) is 32.6 Å². The monoisotopic (exact) mass is 633 g/mol. The smallest absolute Gasteiger partial charge is 0.393 e. The Bertz CT molecular complexity index is 1300. The zero-order valence-corrected chi connectivity index (χ0v) is 23.8. The standard InChI is InChI=1S/C20H33N3O16P2/c1-8-6-23(20(30)22-18(8)29)14-5-11(25)12(37-14)7-35-40(31,32)39-41(33,34)38-19-17(28)15(16(27)10(3)36-19)21-13(26)4-9(2)24/h6,9-12,14-17,19,24-25,27-28H,4-5,7H2,1-3H3,(H,21,26)(H,31,32)(H,33,34)(H,22,29,30)/t9-,10-,11+,12-,14-,15+,16+,17-,19-/m1/s1. The summed E-state index contributed by atoms with van der Waals surface area (Å²) in [7, 11) is -10.9. The van der Waals surface area contributed by atoms with E-state index in [-0.39, 0.29) is 18.4 Å². The molecule has 0 aromatic carbocycles. The quantitative estimate of drug-likeness (QED) is 0.117. The topological polar surface area (TPSA) is 286 Å². The number of phosphoric acid groups is 2. The van der Waals surface area contributed by atoms with E-state index in [1.165, 1.54) is 27.0 Å². The number of aryl methyl sites for hydroxylation is 1. The van der Waals surface area contributed by atoms with Crippen LogP contribution in [0.1, 0.15) is 38.5 Å². The van der Waals surface area contributed by atoms with Gasteiger partial charge in [-0.15, -0.1) is 0 Å². The number of hydrogen-bond donors (Lipinski definition) is 8. The van der Waals surface area contributed by atoms with Crippen molar-refractivity contribution >= 4 is 21.6 Å².